The maximum absolute atomic E-state index is 5.70. The molecule has 3 aromatic carbocycles. The van der Waals surface area contributed by atoms with Gasteiger partial charge in [-0.05, 0) is 41.4 Å². The summed E-state index contributed by atoms with van der Waals surface area (Å²) in [5.74, 6) is 0.914. The van der Waals surface area contributed by atoms with E-state index in [4.69, 9.17) is 17.0 Å². The van der Waals surface area contributed by atoms with E-state index in [1.807, 2.05) is 12.1 Å². The Morgan fingerprint density at radius 2 is 1.71 bits per heavy atom. The van der Waals surface area contributed by atoms with Crippen LogP contribution in [0.4, 0.5) is 5.69 Å². The summed E-state index contributed by atoms with van der Waals surface area (Å²) >= 11 is 5.70. The fraction of sp³-hybridized carbons (Fsp3) is 0.261. The Morgan fingerprint density at radius 1 is 0.964 bits per heavy atom. The molecule has 0 bridgehead atoms. The first kappa shape index (κ1) is 18.7. The monoisotopic (exact) mass is 391 g/mol. The molecular weight excluding hydrogens is 366 g/mol. The number of benzene rings is 3. The van der Waals surface area contributed by atoms with E-state index in [9.17, 15) is 0 Å². The SMILES string of the molecule is COc1cccc(CN2CCN(C(=S)Nc3cccc4ccccc34)CC2)c1. The van der Waals surface area contributed by atoms with E-state index in [2.05, 4.69) is 69.7 Å². The number of nitrogens with one attached hydrogen (secondary N) is 1. The van der Waals surface area contributed by atoms with Crippen molar-refractivity contribution in [3.8, 4) is 5.75 Å². The molecule has 1 saturated heterocycles. The van der Waals surface area contributed by atoms with Crippen LogP contribution in [0.2, 0.25) is 0 Å². The zero-order valence-corrected chi connectivity index (χ0v) is 16.9. The van der Waals surface area contributed by atoms with Crippen LogP contribution in [0, 0.1) is 0 Å². The van der Waals surface area contributed by atoms with E-state index < -0.39 is 0 Å². The highest BCUT2D eigenvalue weighted by Gasteiger charge is 2.19. The van der Waals surface area contributed by atoms with Gasteiger partial charge in [0.25, 0.3) is 0 Å². The zero-order chi connectivity index (χ0) is 19.3. The van der Waals surface area contributed by atoms with Gasteiger partial charge in [-0.25, -0.2) is 0 Å². The van der Waals surface area contributed by atoms with Gasteiger partial charge in [-0.15, -0.1) is 0 Å². The predicted molar refractivity (Wildman–Crippen MR) is 120 cm³/mol. The highest BCUT2D eigenvalue weighted by Crippen LogP contribution is 2.23. The number of ether oxygens (including phenoxy) is 1. The number of hydrogen-bond donors (Lipinski definition) is 1. The summed E-state index contributed by atoms with van der Waals surface area (Å²) in [6, 6.07) is 23.0. The number of anilines is 1. The van der Waals surface area contributed by atoms with Crippen LogP contribution in [0.25, 0.3) is 10.8 Å². The van der Waals surface area contributed by atoms with Crippen LogP contribution in [-0.2, 0) is 6.54 Å². The first-order valence-electron chi connectivity index (χ1n) is 9.62. The molecule has 0 radical (unpaired) electrons. The predicted octanol–water partition coefficient (Wildman–Crippen LogP) is 4.36. The second-order valence-corrected chi connectivity index (χ2v) is 7.46. The van der Waals surface area contributed by atoms with Crippen molar-refractivity contribution < 1.29 is 4.74 Å². The van der Waals surface area contributed by atoms with E-state index in [0.29, 0.717) is 0 Å². The summed E-state index contributed by atoms with van der Waals surface area (Å²) in [5, 5.41) is 6.68. The van der Waals surface area contributed by atoms with Crippen molar-refractivity contribution in [2.24, 2.45) is 0 Å². The Morgan fingerprint density at radius 3 is 2.54 bits per heavy atom. The minimum absolute atomic E-state index is 0.803. The van der Waals surface area contributed by atoms with Crippen LogP contribution in [0.15, 0.2) is 66.7 Å². The number of methoxy groups -OCH3 is 1. The van der Waals surface area contributed by atoms with Crippen LogP contribution >= 0.6 is 12.2 Å². The Kier molecular flexibility index (Phi) is 5.74. The van der Waals surface area contributed by atoms with Crippen molar-refractivity contribution in [2.75, 3.05) is 38.6 Å². The molecular formula is C23H25N3OS. The van der Waals surface area contributed by atoms with Crippen LogP contribution in [0.5, 0.6) is 5.75 Å². The van der Waals surface area contributed by atoms with Gasteiger partial charge in [0.05, 0.1) is 7.11 Å². The highest BCUT2D eigenvalue weighted by molar-refractivity contribution is 7.80. The van der Waals surface area contributed by atoms with E-state index in [1.54, 1.807) is 7.11 Å². The number of piperazine rings is 1. The molecule has 0 atom stereocenters. The third-order valence-electron chi connectivity index (χ3n) is 5.23. The van der Waals surface area contributed by atoms with Crippen molar-refractivity contribution in [3.63, 3.8) is 0 Å². The van der Waals surface area contributed by atoms with Gasteiger partial charge in [-0.2, -0.15) is 0 Å². The molecule has 0 aliphatic carbocycles. The molecule has 1 N–H and O–H groups in total. The van der Waals surface area contributed by atoms with Crippen LogP contribution < -0.4 is 10.1 Å². The molecule has 0 amide bonds. The molecule has 28 heavy (non-hydrogen) atoms. The van der Waals surface area contributed by atoms with Gasteiger partial charge in [-0.3, -0.25) is 4.90 Å². The molecule has 1 fully saturated rings. The van der Waals surface area contributed by atoms with E-state index in [0.717, 1.165) is 49.3 Å². The zero-order valence-electron chi connectivity index (χ0n) is 16.1. The quantitative estimate of drug-likeness (QED) is 0.667. The normalized spacial score (nSPS) is 14.8. The maximum atomic E-state index is 5.70. The van der Waals surface area contributed by atoms with Gasteiger partial charge in [-0.1, -0.05) is 48.5 Å². The number of fused-ring (bicyclic) bond motifs is 1. The summed E-state index contributed by atoms with van der Waals surface area (Å²) in [6.07, 6.45) is 0. The molecule has 144 valence electrons. The molecule has 0 spiro atoms. The number of hydrogen-bond acceptors (Lipinski definition) is 3. The molecule has 3 aromatic rings. The first-order chi connectivity index (χ1) is 13.7. The van der Waals surface area contributed by atoms with Gasteiger partial charge >= 0.3 is 0 Å². The van der Waals surface area contributed by atoms with Gasteiger partial charge in [0.1, 0.15) is 5.75 Å². The maximum Gasteiger partial charge on any atom is 0.173 e. The van der Waals surface area contributed by atoms with E-state index in [1.165, 1.54) is 16.3 Å². The Labute approximate surface area is 171 Å². The number of thiocarbonyl (C=S) groups is 1. The summed E-state index contributed by atoms with van der Waals surface area (Å²) in [6.45, 7) is 4.79. The topological polar surface area (TPSA) is 27.7 Å². The summed E-state index contributed by atoms with van der Waals surface area (Å²) in [4.78, 5) is 4.73. The lowest BCUT2D eigenvalue weighted by atomic mass is 10.1. The summed E-state index contributed by atoms with van der Waals surface area (Å²) < 4.78 is 5.33. The Balaban J connectivity index is 1.35. The van der Waals surface area contributed by atoms with Crippen molar-refractivity contribution in [1.82, 2.24) is 9.80 Å². The molecule has 1 aliphatic rings. The largest absolute Gasteiger partial charge is 0.497 e. The smallest absolute Gasteiger partial charge is 0.173 e. The molecule has 4 rings (SSSR count). The van der Waals surface area contributed by atoms with E-state index in [-0.39, 0.29) is 0 Å². The number of nitrogens with zero attached hydrogens (tertiary/aromatic N) is 2. The van der Waals surface area contributed by atoms with Gasteiger partial charge < -0.3 is 15.0 Å². The third-order valence-corrected chi connectivity index (χ3v) is 5.59. The molecule has 5 heteroatoms. The average Bonchev–Trinajstić information content (AvgIpc) is 2.74. The number of rotatable bonds is 4. The highest BCUT2D eigenvalue weighted by atomic mass is 32.1. The van der Waals surface area contributed by atoms with Crippen molar-refractivity contribution in [3.05, 3.63) is 72.3 Å². The average molecular weight is 392 g/mol. The van der Waals surface area contributed by atoms with Crippen molar-refractivity contribution in [1.29, 1.82) is 0 Å². The summed E-state index contributed by atoms with van der Waals surface area (Å²) in [5.41, 5.74) is 2.35. The molecule has 4 nitrogen and oxygen atoms in total. The lowest BCUT2D eigenvalue weighted by molar-refractivity contribution is 0.177. The second-order valence-electron chi connectivity index (χ2n) is 7.07. The minimum atomic E-state index is 0.803. The van der Waals surface area contributed by atoms with Gasteiger partial charge in [0.2, 0.25) is 0 Å². The fourth-order valence-electron chi connectivity index (χ4n) is 3.67. The van der Waals surface area contributed by atoms with Crippen molar-refractivity contribution in [2.45, 2.75) is 6.54 Å². The first-order valence-corrected chi connectivity index (χ1v) is 10.0. The molecule has 0 saturated carbocycles. The standard InChI is InChI=1S/C23H25N3OS/c1-27-20-9-4-6-18(16-20)17-25-12-14-26(15-13-25)23(28)24-22-11-5-8-19-7-2-3-10-21(19)22/h2-11,16H,12-15,17H2,1H3,(H,24,28). The molecule has 0 unspecified atom stereocenters. The third kappa shape index (κ3) is 4.26. The summed E-state index contributed by atoms with van der Waals surface area (Å²) in [7, 11) is 1.71. The Hall–Kier alpha value is -2.63. The minimum Gasteiger partial charge on any atom is -0.497 e. The van der Waals surface area contributed by atoms with Crippen LogP contribution in [0.1, 0.15) is 5.56 Å². The van der Waals surface area contributed by atoms with Crippen molar-refractivity contribution >= 4 is 33.8 Å². The van der Waals surface area contributed by atoms with Gasteiger partial charge in [0, 0.05) is 43.8 Å². The second kappa shape index (κ2) is 8.59. The van der Waals surface area contributed by atoms with Gasteiger partial charge in [0.15, 0.2) is 5.11 Å². The molecule has 0 aromatic heterocycles. The lowest BCUT2D eigenvalue weighted by Crippen LogP contribution is -2.49. The molecule has 1 heterocycles. The Bertz CT molecular complexity index is 961. The lowest BCUT2D eigenvalue weighted by Gasteiger charge is -2.36. The van der Waals surface area contributed by atoms with Crippen LogP contribution in [-0.4, -0.2) is 48.2 Å². The molecule has 1 aliphatic heterocycles. The van der Waals surface area contributed by atoms with Crippen LogP contribution in [0.3, 0.4) is 0 Å². The van der Waals surface area contributed by atoms with E-state index >= 15 is 0 Å². The fourth-order valence-corrected chi connectivity index (χ4v) is 3.96.